The zero-order valence-corrected chi connectivity index (χ0v) is 14.4. The normalized spacial score (nSPS) is 17.4. The van der Waals surface area contributed by atoms with Gasteiger partial charge in [0.25, 0.3) is 5.91 Å². The summed E-state index contributed by atoms with van der Waals surface area (Å²) < 4.78 is 0. The van der Waals surface area contributed by atoms with Gasteiger partial charge >= 0.3 is 0 Å². The molecular weight excluding hydrogens is 328 g/mol. The molecule has 4 heterocycles. The molecule has 1 amide bonds. The summed E-state index contributed by atoms with van der Waals surface area (Å²) >= 11 is 0. The van der Waals surface area contributed by atoms with Crippen LogP contribution in [0.25, 0.3) is 21.9 Å². The first-order valence-electron chi connectivity index (χ1n) is 8.75. The van der Waals surface area contributed by atoms with E-state index in [1.807, 2.05) is 30.2 Å². The van der Waals surface area contributed by atoms with Gasteiger partial charge in [-0.15, -0.1) is 0 Å². The highest BCUT2D eigenvalue weighted by molar-refractivity contribution is 5.97. The lowest BCUT2D eigenvalue weighted by Crippen LogP contribution is -2.30. The van der Waals surface area contributed by atoms with E-state index in [2.05, 4.69) is 37.5 Å². The summed E-state index contributed by atoms with van der Waals surface area (Å²) in [6, 6.07) is 8.21. The number of carbonyl (C=O) groups is 1. The van der Waals surface area contributed by atoms with Gasteiger partial charge in [0.1, 0.15) is 0 Å². The lowest BCUT2D eigenvalue weighted by Gasteiger charge is -2.25. The van der Waals surface area contributed by atoms with Crippen LogP contribution in [0.4, 0.5) is 0 Å². The number of H-pyrrole nitrogens is 2. The van der Waals surface area contributed by atoms with Crippen LogP contribution in [0.5, 0.6) is 0 Å². The summed E-state index contributed by atoms with van der Waals surface area (Å²) in [5, 5.41) is 16.0. The van der Waals surface area contributed by atoms with Gasteiger partial charge in [-0.05, 0) is 43.5 Å². The lowest BCUT2D eigenvalue weighted by atomic mass is 10.0. The number of rotatable bonds is 2. The molecule has 0 radical (unpaired) electrons. The van der Waals surface area contributed by atoms with Crippen molar-refractivity contribution in [3.8, 4) is 0 Å². The maximum absolute atomic E-state index is 13.2. The maximum atomic E-state index is 13.2. The molecule has 7 heteroatoms. The molecule has 0 unspecified atom stereocenters. The quantitative estimate of drug-likeness (QED) is 0.583. The molecule has 1 fully saturated rings. The van der Waals surface area contributed by atoms with Crippen molar-refractivity contribution in [1.82, 2.24) is 30.3 Å². The predicted molar refractivity (Wildman–Crippen MR) is 97.7 cm³/mol. The number of nitrogens with one attached hydrogen (secondary N) is 2. The summed E-state index contributed by atoms with van der Waals surface area (Å²) in [6.45, 7) is 2.67. The van der Waals surface area contributed by atoms with E-state index in [1.54, 1.807) is 6.20 Å². The van der Waals surface area contributed by atoms with Crippen LogP contribution in [-0.2, 0) is 0 Å². The van der Waals surface area contributed by atoms with Crippen molar-refractivity contribution in [2.24, 2.45) is 0 Å². The Morgan fingerprint density at radius 2 is 2.15 bits per heavy atom. The van der Waals surface area contributed by atoms with Crippen molar-refractivity contribution in [3.05, 3.63) is 53.5 Å². The molecule has 7 nitrogen and oxygen atoms in total. The molecule has 1 atom stereocenters. The van der Waals surface area contributed by atoms with Crippen molar-refractivity contribution < 1.29 is 4.79 Å². The molecule has 4 aromatic rings. The monoisotopic (exact) mass is 346 g/mol. The smallest absolute Gasteiger partial charge is 0.255 e. The van der Waals surface area contributed by atoms with E-state index in [0.29, 0.717) is 11.2 Å². The summed E-state index contributed by atoms with van der Waals surface area (Å²) in [5.41, 5.74) is 4.33. The van der Waals surface area contributed by atoms with Gasteiger partial charge in [0.2, 0.25) is 0 Å². The van der Waals surface area contributed by atoms with Crippen molar-refractivity contribution in [2.75, 3.05) is 6.54 Å². The number of benzene rings is 1. The third-order valence-electron chi connectivity index (χ3n) is 5.22. The van der Waals surface area contributed by atoms with Gasteiger partial charge in [0, 0.05) is 23.5 Å². The second-order valence-electron chi connectivity index (χ2n) is 6.80. The number of nitrogens with zero attached hydrogens (tertiary/aromatic N) is 4. The minimum Gasteiger partial charge on any atom is -0.332 e. The topological polar surface area (TPSA) is 90.6 Å². The van der Waals surface area contributed by atoms with Gasteiger partial charge in [-0.1, -0.05) is 6.07 Å². The molecule has 1 aliphatic rings. The third-order valence-corrected chi connectivity index (χ3v) is 5.22. The fourth-order valence-corrected chi connectivity index (χ4v) is 3.83. The molecule has 1 saturated heterocycles. The molecule has 26 heavy (non-hydrogen) atoms. The Kier molecular flexibility index (Phi) is 3.28. The molecule has 1 aliphatic heterocycles. The summed E-state index contributed by atoms with van der Waals surface area (Å²) in [6.07, 6.45) is 5.42. The molecular formula is C19H18N6O. The Bertz CT molecular complexity index is 1130. The Balaban J connectivity index is 1.50. The molecule has 0 bridgehead atoms. The fourth-order valence-electron chi connectivity index (χ4n) is 3.83. The van der Waals surface area contributed by atoms with Gasteiger partial charge in [-0.3, -0.25) is 15.0 Å². The number of hydrogen-bond donors (Lipinski definition) is 2. The summed E-state index contributed by atoms with van der Waals surface area (Å²) in [5.74, 6) is 0.0230. The Morgan fingerprint density at radius 1 is 1.23 bits per heavy atom. The Labute approximate surface area is 149 Å². The van der Waals surface area contributed by atoms with E-state index < -0.39 is 0 Å². The average Bonchev–Trinajstić information content (AvgIpc) is 3.40. The van der Waals surface area contributed by atoms with Gasteiger partial charge in [0.15, 0.2) is 5.65 Å². The molecule has 0 spiro atoms. The molecule has 3 aromatic heterocycles. The Morgan fingerprint density at radius 3 is 3.08 bits per heavy atom. The number of amides is 1. The van der Waals surface area contributed by atoms with E-state index in [9.17, 15) is 4.79 Å². The first-order valence-corrected chi connectivity index (χ1v) is 8.75. The number of aromatic amines is 2. The van der Waals surface area contributed by atoms with Crippen molar-refractivity contribution in [3.63, 3.8) is 0 Å². The van der Waals surface area contributed by atoms with Crippen molar-refractivity contribution in [2.45, 2.75) is 25.8 Å². The minimum atomic E-state index is 0.0230. The SMILES string of the molecule is Cc1n[nH]c2ncc(C(=O)N3CCC[C@H]3c3ccc4[nH]ncc4c3)cc12. The first kappa shape index (κ1) is 15.1. The largest absolute Gasteiger partial charge is 0.332 e. The van der Waals surface area contributed by atoms with Crippen molar-refractivity contribution in [1.29, 1.82) is 0 Å². The van der Waals surface area contributed by atoms with Gasteiger partial charge in [-0.2, -0.15) is 10.2 Å². The predicted octanol–water partition coefficient (Wildman–Crippen LogP) is 3.12. The minimum absolute atomic E-state index is 0.0230. The number of aromatic nitrogens is 5. The highest BCUT2D eigenvalue weighted by atomic mass is 16.2. The van der Waals surface area contributed by atoms with E-state index in [0.717, 1.165) is 46.9 Å². The molecule has 0 saturated carbocycles. The van der Waals surface area contributed by atoms with Crippen LogP contribution < -0.4 is 0 Å². The van der Waals surface area contributed by atoms with E-state index in [1.165, 1.54) is 0 Å². The lowest BCUT2D eigenvalue weighted by molar-refractivity contribution is 0.0735. The van der Waals surface area contributed by atoms with Crippen LogP contribution in [0, 0.1) is 6.92 Å². The Hall–Kier alpha value is -3.22. The van der Waals surface area contributed by atoms with Crippen LogP contribution in [-0.4, -0.2) is 42.7 Å². The average molecular weight is 346 g/mol. The number of fused-ring (bicyclic) bond motifs is 2. The zero-order valence-electron chi connectivity index (χ0n) is 14.4. The molecule has 130 valence electrons. The number of carbonyl (C=O) groups excluding carboxylic acids is 1. The second kappa shape index (κ2) is 5.66. The second-order valence-corrected chi connectivity index (χ2v) is 6.80. The van der Waals surface area contributed by atoms with Crippen LogP contribution in [0.15, 0.2) is 36.7 Å². The summed E-state index contributed by atoms with van der Waals surface area (Å²) in [4.78, 5) is 19.5. The third kappa shape index (κ3) is 2.28. The van der Waals surface area contributed by atoms with Crippen molar-refractivity contribution >= 4 is 27.8 Å². The zero-order chi connectivity index (χ0) is 17.7. The standard InChI is InChI=1S/C19H18N6O/c1-11-15-8-14(9-20-18(15)24-22-11)19(26)25-6-2-3-17(25)12-4-5-16-13(7-12)10-21-23-16/h4-5,7-10,17H,2-3,6H2,1H3,(H,21,23)(H,20,22,24)/t17-/m0/s1. The van der Waals surface area contributed by atoms with E-state index in [-0.39, 0.29) is 11.9 Å². The molecule has 2 N–H and O–H groups in total. The van der Waals surface area contributed by atoms with Gasteiger partial charge < -0.3 is 4.90 Å². The first-order chi connectivity index (χ1) is 12.7. The molecule has 0 aliphatic carbocycles. The number of likely N-dealkylation sites (tertiary alicyclic amines) is 1. The van der Waals surface area contributed by atoms with E-state index >= 15 is 0 Å². The summed E-state index contributed by atoms with van der Waals surface area (Å²) in [7, 11) is 0. The van der Waals surface area contributed by atoms with Crippen LogP contribution in [0.1, 0.15) is 40.5 Å². The molecule has 5 rings (SSSR count). The van der Waals surface area contributed by atoms with Crippen LogP contribution in [0.2, 0.25) is 0 Å². The fraction of sp³-hybridized carbons (Fsp3) is 0.263. The number of hydrogen-bond acceptors (Lipinski definition) is 4. The van der Waals surface area contributed by atoms with Crippen LogP contribution >= 0.6 is 0 Å². The highest BCUT2D eigenvalue weighted by Gasteiger charge is 2.31. The number of pyridine rings is 1. The van der Waals surface area contributed by atoms with Crippen LogP contribution in [0.3, 0.4) is 0 Å². The van der Waals surface area contributed by atoms with Gasteiger partial charge in [0.05, 0.1) is 29.0 Å². The molecule has 1 aromatic carbocycles. The maximum Gasteiger partial charge on any atom is 0.255 e. The van der Waals surface area contributed by atoms with E-state index in [4.69, 9.17) is 0 Å². The van der Waals surface area contributed by atoms with Gasteiger partial charge in [-0.25, -0.2) is 4.98 Å². The highest BCUT2D eigenvalue weighted by Crippen LogP contribution is 2.34. The number of aryl methyl sites for hydroxylation is 1.